The van der Waals surface area contributed by atoms with Crippen LogP contribution in [0.1, 0.15) is 128 Å². The van der Waals surface area contributed by atoms with Crippen molar-refractivity contribution in [3.8, 4) is 0 Å². The van der Waals surface area contributed by atoms with Gasteiger partial charge in [0, 0.05) is 0 Å². The molecule has 0 aliphatic carbocycles. The molecule has 0 fully saturated rings. The third-order valence-corrected chi connectivity index (χ3v) is 9.01. The van der Waals surface area contributed by atoms with Crippen molar-refractivity contribution in [3.05, 3.63) is 153 Å². The molecule has 0 aliphatic rings. The lowest BCUT2D eigenvalue weighted by Crippen LogP contribution is -2.15. The molecule has 0 radical (unpaired) electrons. The summed E-state index contributed by atoms with van der Waals surface area (Å²) in [6, 6.07) is 35.1. The molecule has 0 aliphatic heterocycles. The maximum absolute atomic E-state index is 6.72. The first-order valence-electron chi connectivity index (χ1n) is 16.8. The van der Waals surface area contributed by atoms with Crippen LogP contribution in [0.5, 0.6) is 0 Å². The smallest absolute Gasteiger partial charge is 0.249 e. The summed E-state index contributed by atoms with van der Waals surface area (Å²) in [5.41, 5.74) is 12.4. The van der Waals surface area contributed by atoms with Crippen LogP contribution in [0.4, 0.5) is 0 Å². The monoisotopic (exact) mass is 624 g/mol. The topological polar surface area (TPSA) is 38.9 Å². The highest BCUT2D eigenvalue weighted by Crippen LogP contribution is 2.30. The minimum atomic E-state index is 0.0552. The molecule has 0 spiro atoms. The highest BCUT2D eigenvalue weighted by molar-refractivity contribution is 5.80. The number of benzene rings is 4. The van der Waals surface area contributed by atoms with E-state index < -0.39 is 0 Å². The van der Waals surface area contributed by atoms with Crippen molar-refractivity contribution in [1.82, 2.24) is 10.2 Å². The number of aromatic nitrogens is 2. The van der Waals surface area contributed by atoms with Crippen molar-refractivity contribution in [2.75, 3.05) is 0 Å². The zero-order chi connectivity index (χ0) is 34.4. The first-order valence-corrected chi connectivity index (χ1v) is 16.8. The lowest BCUT2D eigenvalue weighted by atomic mass is 9.84. The Morgan fingerprint density at radius 1 is 0.340 bits per heavy atom. The van der Waals surface area contributed by atoms with Gasteiger partial charge in [-0.15, -0.1) is 10.2 Å². The SMILES string of the molecule is CC(C)(C)c1ccc(C(c2ccc(C(C)(C)C)cc2)=c2nnc(=C(c3ccc(C(C)(C)C)cc3)c3ccc(C(C)(C)C)cc3)o2)cc1. The molecular formula is C44H52N2O. The van der Waals surface area contributed by atoms with Crippen LogP contribution in [0.3, 0.4) is 0 Å². The Morgan fingerprint density at radius 2 is 0.532 bits per heavy atom. The van der Waals surface area contributed by atoms with Crippen molar-refractivity contribution < 1.29 is 4.42 Å². The summed E-state index contributed by atoms with van der Waals surface area (Å²) in [5.74, 6) is 0. The van der Waals surface area contributed by atoms with Gasteiger partial charge in [0.05, 0.1) is 11.1 Å². The van der Waals surface area contributed by atoms with Gasteiger partial charge in [-0.2, -0.15) is 0 Å². The second kappa shape index (κ2) is 12.4. The Bertz CT molecular complexity index is 1680. The van der Waals surface area contributed by atoms with Crippen molar-refractivity contribution in [2.45, 2.75) is 105 Å². The van der Waals surface area contributed by atoms with Gasteiger partial charge in [-0.3, -0.25) is 0 Å². The second-order valence-corrected chi connectivity index (χ2v) is 17.0. The summed E-state index contributed by atoms with van der Waals surface area (Å²) in [6.07, 6.45) is 0. The van der Waals surface area contributed by atoms with Gasteiger partial charge in [0.15, 0.2) is 0 Å². The first kappa shape index (κ1) is 34.1. The molecule has 0 atom stereocenters. The molecule has 0 unspecified atom stereocenters. The third-order valence-electron chi connectivity index (χ3n) is 9.01. The average molecular weight is 625 g/mol. The average Bonchev–Trinajstić information content (AvgIpc) is 3.46. The zero-order valence-corrected chi connectivity index (χ0v) is 30.5. The van der Waals surface area contributed by atoms with Crippen LogP contribution in [-0.2, 0) is 21.7 Å². The maximum atomic E-state index is 6.72. The molecular weight excluding hydrogens is 572 g/mol. The van der Waals surface area contributed by atoms with Crippen LogP contribution < -0.4 is 11.1 Å². The lowest BCUT2D eigenvalue weighted by molar-refractivity contribution is 0.482. The minimum Gasteiger partial charge on any atom is -0.416 e. The molecule has 5 aromatic rings. The van der Waals surface area contributed by atoms with Crippen molar-refractivity contribution in [3.63, 3.8) is 0 Å². The highest BCUT2D eigenvalue weighted by atomic mass is 16.4. The summed E-state index contributed by atoms with van der Waals surface area (Å²) >= 11 is 0. The summed E-state index contributed by atoms with van der Waals surface area (Å²) < 4.78 is 6.72. The zero-order valence-electron chi connectivity index (χ0n) is 30.5. The normalized spacial score (nSPS) is 12.7. The molecule has 1 aromatic heterocycles. The van der Waals surface area contributed by atoms with E-state index in [1.54, 1.807) is 0 Å². The molecule has 3 heteroatoms. The molecule has 3 nitrogen and oxygen atoms in total. The van der Waals surface area contributed by atoms with Gasteiger partial charge >= 0.3 is 0 Å². The molecule has 0 N–H and O–H groups in total. The van der Waals surface area contributed by atoms with Gasteiger partial charge in [-0.25, -0.2) is 0 Å². The van der Waals surface area contributed by atoms with Gasteiger partial charge in [-0.1, -0.05) is 180 Å². The molecule has 0 bridgehead atoms. The van der Waals surface area contributed by atoms with Gasteiger partial charge in [0.25, 0.3) is 0 Å². The van der Waals surface area contributed by atoms with E-state index >= 15 is 0 Å². The Hall–Kier alpha value is -4.24. The summed E-state index contributed by atoms with van der Waals surface area (Å²) in [6.45, 7) is 26.9. The molecule has 0 amide bonds. The van der Waals surface area contributed by atoms with Crippen LogP contribution >= 0.6 is 0 Å². The Morgan fingerprint density at radius 3 is 0.702 bits per heavy atom. The van der Waals surface area contributed by atoms with Gasteiger partial charge in [0.1, 0.15) is 0 Å². The van der Waals surface area contributed by atoms with E-state index in [0.717, 1.165) is 33.4 Å². The minimum absolute atomic E-state index is 0.0552. The maximum Gasteiger partial charge on any atom is 0.249 e. The Balaban J connectivity index is 1.79. The van der Waals surface area contributed by atoms with Crippen LogP contribution in [-0.4, -0.2) is 10.2 Å². The van der Waals surface area contributed by atoms with E-state index in [1.807, 2.05) is 0 Å². The Kier molecular flexibility index (Phi) is 9.01. The third kappa shape index (κ3) is 7.67. The van der Waals surface area contributed by atoms with Crippen LogP contribution in [0, 0.1) is 0 Å². The van der Waals surface area contributed by atoms with E-state index in [4.69, 9.17) is 14.6 Å². The van der Waals surface area contributed by atoms with E-state index in [9.17, 15) is 0 Å². The van der Waals surface area contributed by atoms with E-state index in [1.165, 1.54) is 22.3 Å². The molecule has 244 valence electrons. The predicted molar refractivity (Wildman–Crippen MR) is 197 cm³/mol. The summed E-state index contributed by atoms with van der Waals surface area (Å²) in [5, 5.41) is 9.45. The van der Waals surface area contributed by atoms with Crippen molar-refractivity contribution in [2.24, 2.45) is 0 Å². The Labute approximate surface area is 282 Å². The van der Waals surface area contributed by atoms with Crippen LogP contribution in [0.2, 0.25) is 0 Å². The largest absolute Gasteiger partial charge is 0.416 e. The standard InChI is InChI=1S/C44H52N2O/c1-41(2,3)33-21-13-29(14-22-33)37(30-15-23-34(24-16-30)42(4,5)6)39-45-46-40(47-39)38(31-17-25-35(26-18-31)43(7,8)9)32-19-27-36(28-20-32)44(10,11)12/h13-28H,1-12H3. The van der Waals surface area contributed by atoms with Crippen molar-refractivity contribution in [1.29, 1.82) is 0 Å². The van der Waals surface area contributed by atoms with E-state index in [-0.39, 0.29) is 21.7 Å². The van der Waals surface area contributed by atoms with E-state index in [2.05, 4.69) is 180 Å². The first-order chi connectivity index (χ1) is 21.8. The fourth-order valence-corrected chi connectivity index (χ4v) is 5.80. The van der Waals surface area contributed by atoms with Gasteiger partial charge < -0.3 is 4.42 Å². The molecule has 5 rings (SSSR count). The number of nitrogens with zero attached hydrogens (tertiary/aromatic N) is 2. The fraction of sp³-hybridized carbons (Fsp3) is 0.364. The van der Waals surface area contributed by atoms with E-state index in [0.29, 0.717) is 11.1 Å². The molecule has 4 aromatic carbocycles. The van der Waals surface area contributed by atoms with Gasteiger partial charge in [0.2, 0.25) is 11.1 Å². The van der Waals surface area contributed by atoms with Crippen molar-refractivity contribution >= 4 is 11.1 Å². The molecule has 0 saturated carbocycles. The highest BCUT2D eigenvalue weighted by Gasteiger charge is 2.20. The van der Waals surface area contributed by atoms with Gasteiger partial charge in [-0.05, 0) is 66.2 Å². The molecule has 1 heterocycles. The number of hydrogen-bond acceptors (Lipinski definition) is 3. The predicted octanol–water partition coefficient (Wildman–Crippen LogP) is 9.75. The fourth-order valence-electron chi connectivity index (χ4n) is 5.80. The van der Waals surface area contributed by atoms with Crippen LogP contribution in [0.15, 0.2) is 101 Å². The molecule has 0 saturated heterocycles. The second-order valence-electron chi connectivity index (χ2n) is 17.0. The number of hydrogen-bond donors (Lipinski definition) is 0. The summed E-state index contributed by atoms with van der Waals surface area (Å²) in [7, 11) is 0. The summed E-state index contributed by atoms with van der Waals surface area (Å²) in [4.78, 5) is 0. The lowest BCUT2D eigenvalue weighted by Gasteiger charge is -2.20. The number of rotatable bonds is 4. The molecule has 47 heavy (non-hydrogen) atoms. The van der Waals surface area contributed by atoms with Crippen LogP contribution in [0.25, 0.3) is 11.1 Å². The quantitative estimate of drug-likeness (QED) is 0.200.